The van der Waals surface area contributed by atoms with Crippen LogP contribution in [-0.2, 0) is 4.74 Å². The van der Waals surface area contributed by atoms with E-state index in [1.807, 2.05) is 6.07 Å². The van der Waals surface area contributed by atoms with Gasteiger partial charge in [-0.1, -0.05) is 0 Å². The smallest absolute Gasteiger partial charge is 0.161 e. The molecular formula is C14H20N2O2. The monoisotopic (exact) mass is 248 g/mol. The SMILES string of the molecule is CC(=O)c1cc(NCCOCC2CC2)ccc1N. The van der Waals surface area contributed by atoms with Crippen LogP contribution in [0.5, 0.6) is 0 Å². The minimum atomic E-state index is -0.0128. The number of rotatable bonds is 7. The molecule has 98 valence electrons. The Hall–Kier alpha value is -1.55. The van der Waals surface area contributed by atoms with Crippen molar-refractivity contribution in [1.29, 1.82) is 0 Å². The van der Waals surface area contributed by atoms with Gasteiger partial charge in [0.05, 0.1) is 6.61 Å². The van der Waals surface area contributed by atoms with Gasteiger partial charge in [0.25, 0.3) is 0 Å². The largest absolute Gasteiger partial charge is 0.398 e. The van der Waals surface area contributed by atoms with Gasteiger partial charge >= 0.3 is 0 Å². The average molecular weight is 248 g/mol. The number of benzene rings is 1. The predicted octanol–water partition coefficient (Wildman–Crippen LogP) is 2.31. The second-order valence-electron chi connectivity index (χ2n) is 4.80. The van der Waals surface area contributed by atoms with Crippen LogP contribution in [0, 0.1) is 5.92 Å². The van der Waals surface area contributed by atoms with E-state index in [-0.39, 0.29) is 5.78 Å². The first-order valence-electron chi connectivity index (χ1n) is 6.39. The van der Waals surface area contributed by atoms with Crippen molar-refractivity contribution in [2.45, 2.75) is 19.8 Å². The van der Waals surface area contributed by atoms with E-state index < -0.39 is 0 Å². The molecule has 0 radical (unpaired) electrons. The lowest BCUT2D eigenvalue weighted by atomic mass is 10.1. The van der Waals surface area contributed by atoms with Crippen LogP contribution in [0.2, 0.25) is 0 Å². The Morgan fingerprint density at radius 3 is 2.94 bits per heavy atom. The van der Waals surface area contributed by atoms with Crippen LogP contribution in [-0.4, -0.2) is 25.5 Å². The highest BCUT2D eigenvalue weighted by Gasteiger charge is 2.20. The minimum absolute atomic E-state index is 0.0128. The molecule has 0 atom stereocenters. The van der Waals surface area contributed by atoms with Crippen LogP contribution < -0.4 is 11.1 Å². The zero-order valence-corrected chi connectivity index (χ0v) is 10.7. The number of anilines is 2. The van der Waals surface area contributed by atoms with E-state index in [1.165, 1.54) is 19.8 Å². The number of hydrogen-bond donors (Lipinski definition) is 2. The molecule has 1 aliphatic rings. The summed E-state index contributed by atoms with van der Waals surface area (Å²) in [4.78, 5) is 11.3. The maximum absolute atomic E-state index is 11.3. The lowest BCUT2D eigenvalue weighted by Crippen LogP contribution is -2.11. The summed E-state index contributed by atoms with van der Waals surface area (Å²) in [6, 6.07) is 5.42. The molecule has 0 bridgehead atoms. The number of ether oxygens (including phenoxy) is 1. The van der Waals surface area contributed by atoms with Gasteiger partial charge in [-0.2, -0.15) is 0 Å². The average Bonchev–Trinajstić information content (AvgIpc) is 3.14. The quantitative estimate of drug-likeness (QED) is 0.441. The number of nitrogens with two attached hydrogens (primary N) is 1. The molecule has 3 N–H and O–H groups in total. The number of hydrogen-bond acceptors (Lipinski definition) is 4. The third-order valence-electron chi connectivity index (χ3n) is 3.06. The van der Waals surface area contributed by atoms with Crippen molar-refractivity contribution in [1.82, 2.24) is 0 Å². The van der Waals surface area contributed by atoms with Crippen molar-refractivity contribution in [2.75, 3.05) is 30.8 Å². The third kappa shape index (κ3) is 3.74. The van der Waals surface area contributed by atoms with Crippen LogP contribution in [0.3, 0.4) is 0 Å². The number of carbonyl (C=O) groups excluding carboxylic acids is 1. The van der Waals surface area contributed by atoms with Crippen molar-refractivity contribution in [3.63, 3.8) is 0 Å². The molecule has 0 amide bonds. The van der Waals surface area contributed by atoms with Crippen LogP contribution in [0.25, 0.3) is 0 Å². The zero-order chi connectivity index (χ0) is 13.0. The Labute approximate surface area is 108 Å². The van der Waals surface area contributed by atoms with Gasteiger partial charge in [-0.05, 0) is 43.9 Å². The van der Waals surface area contributed by atoms with Gasteiger partial charge in [0.15, 0.2) is 5.78 Å². The molecule has 0 heterocycles. The Morgan fingerprint density at radius 1 is 1.50 bits per heavy atom. The van der Waals surface area contributed by atoms with Gasteiger partial charge in [0.1, 0.15) is 0 Å². The third-order valence-corrected chi connectivity index (χ3v) is 3.06. The van der Waals surface area contributed by atoms with Crippen LogP contribution in [0.4, 0.5) is 11.4 Å². The molecule has 0 aliphatic heterocycles. The predicted molar refractivity (Wildman–Crippen MR) is 72.9 cm³/mol. The highest BCUT2D eigenvalue weighted by molar-refractivity contribution is 5.99. The van der Waals surface area contributed by atoms with Gasteiger partial charge in [0, 0.05) is 30.1 Å². The summed E-state index contributed by atoms with van der Waals surface area (Å²) in [6.45, 7) is 3.83. The molecular weight excluding hydrogens is 228 g/mol. The lowest BCUT2D eigenvalue weighted by molar-refractivity contribution is 0.101. The molecule has 18 heavy (non-hydrogen) atoms. The first-order valence-corrected chi connectivity index (χ1v) is 6.39. The highest BCUT2D eigenvalue weighted by Crippen LogP contribution is 2.28. The Bertz CT molecular complexity index is 428. The number of carbonyl (C=O) groups is 1. The summed E-state index contributed by atoms with van der Waals surface area (Å²) in [5.41, 5.74) is 7.73. The molecule has 1 aromatic rings. The van der Waals surface area contributed by atoms with Gasteiger partial charge in [-0.15, -0.1) is 0 Å². The van der Waals surface area contributed by atoms with E-state index in [0.29, 0.717) is 17.9 Å². The highest BCUT2D eigenvalue weighted by atomic mass is 16.5. The van der Waals surface area contributed by atoms with Crippen LogP contribution in [0.1, 0.15) is 30.1 Å². The van der Waals surface area contributed by atoms with E-state index in [1.54, 1.807) is 12.1 Å². The summed E-state index contributed by atoms with van der Waals surface area (Å²) in [5.74, 6) is 0.784. The maximum Gasteiger partial charge on any atom is 0.161 e. The molecule has 1 aliphatic carbocycles. The lowest BCUT2D eigenvalue weighted by Gasteiger charge is -2.09. The van der Waals surface area contributed by atoms with Crippen LogP contribution in [0.15, 0.2) is 18.2 Å². The number of Topliss-reactive ketones (excluding diaryl/α,β-unsaturated/α-hetero) is 1. The standard InChI is InChI=1S/C14H20N2O2/c1-10(17)13-8-12(4-5-14(13)15)16-6-7-18-9-11-2-3-11/h4-5,8,11,16H,2-3,6-7,9,15H2,1H3. The fourth-order valence-corrected chi connectivity index (χ4v) is 1.77. The molecule has 4 nitrogen and oxygen atoms in total. The van der Waals surface area contributed by atoms with E-state index in [0.717, 1.165) is 24.8 Å². The van der Waals surface area contributed by atoms with Crippen molar-refractivity contribution in [3.8, 4) is 0 Å². The zero-order valence-electron chi connectivity index (χ0n) is 10.7. The first-order chi connectivity index (χ1) is 8.66. The van der Waals surface area contributed by atoms with E-state index in [9.17, 15) is 4.79 Å². The summed E-state index contributed by atoms with van der Waals surface area (Å²) in [6.07, 6.45) is 2.63. The molecule has 1 saturated carbocycles. The second-order valence-corrected chi connectivity index (χ2v) is 4.80. The van der Waals surface area contributed by atoms with E-state index in [4.69, 9.17) is 10.5 Å². The molecule has 0 aromatic heterocycles. The van der Waals surface area contributed by atoms with Crippen molar-refractivity contribution < 1.29 is 9.53 Å². The fraction of sp³-hybridized carbons (Fsp3) is 0.500. The van der Waals surface area contributed by atoms with Gasteiger partial charge in [-0.25, -0.2) is 0 Å². The fourth-order valence-electron chi connectivity index (χ4n) is 1.77. The molecule has 2 rings (SSSR count). The van der Waals surface area contributed by atoms with Gasteiger partial charge in [0.2, 0.25) is 0 Å². The topological polar surface area (TPSA) is 64.3 Å². The van der Waals surface area contributed by atoms with Crippen LogP contribution >= 0.6 is 0 Å². The van der Waals surface area contributed by atoms with Crippen molar-refractivity contribution >= 4 is 17.2 Å². The molecule has 4 heteroatoms. The Morgan fingerprint density at radius 2 is 2.28 bits per heavy atom. The normalized spacial score (nSPS) is 14.5. The summed E-state index contributed by atoms with van der Waals surface area (Å²) in [5, 5.41) is 3.23. The molecule has 0 saturated heterocycles. The molecule has 1 fully saturated rings. The maximum atomic E-state index is 11.3. The summed E-state index contributed by atoms with van der Waals surface area (Å²) < 4.78 is 5.53. The van der Waals surface area contributed by atoms with Crippen molar-refractivity contribution in [3.05, 3.63) is 23.8 Å². The molecule has 0 unspecified atom stereocenters. The Balaban J connectivity index is 1.77. The summed E-state index contributed by atoms with van der Waals surface area (Å²) >= 11 is 0. The second kappa shape index (κ2) is 5.87. The number of nitrogen functional groups attached to an aromatic ring is 1. The minimum Gasteiger partial charge on any atom is -0.398 e. The van der Waals surface area contributed by atoms with Gasteiger partial charge < -0.3 is 15.8 Å². The number of ketones is 1. The Kier molecular flexibility index (Phi) is 4.20. The van der Waals surface area contributed by atoms with Crippen molar-refractivity contribution in [2.24, 2.45) is 5.92 Å². The molecule has 0 spiro atoms. The molecule has 1 aromatic carbocycles. The first kappa shape index (κ1) is 12.9. The van der Waals surface area contributed by atoms with Gasteiger partial charge in [-0.3, -0.25) is 4.79 Å². The number of nitrogens with one attached hydrogen (secondary N) is 1. The van der Waals surface area contributed by atoms with E-state index >= 15 is 0 Å². The van der Waals surface area contributed by atoms with E-state index in [2.05, 4.69) is 5.32 Å². The summed E-state index contributed by atoms with van der Waals surface area (Å²) in [7, 11) is 0.